The molecule has 0 spiro atoms. The first kappa shape index (κ1) is 13.1. The van der Waals surface area contributed by atoms with Gasteiger partial charge in [-0.3, -0.25) is 4.79 Å². The molecule has 0 unspecified atom stereocenters. The standard InChI is InChI=1S/C13H13N7OS/c21-12(11-17-20-9-15-16-13(20)22-11)19-7-5-18(6-8-19)10-3-1-2-4-14-10/h1-4,9H,5-8H2. The third kappa shape index (κ3) is 2.29. The summed E-state index contributed by atoms with van der Waals surface area (Å²) in [7, 11) is 0. The Kier molecular flexibility index (Phi) is 3.19. The van der Waals surface area contributed by atoms with Crippen LogP contribution in [0.3, 0.4) is 0 Å². The zero-order valence-corrected chi connectivity index (χ0v) is 12.5. The quantitative estimate of drug-likeness (QED) is 0.687. The summed E-state index contributed by atoms with van der Waals surface area (Å²) in [5.41, 5.74) is 0. The highest BCUT2D eigenvalue weighted by Gasteiger charge is 2.25. The first-order chi connectivity index (χ1) is 10.8. The number of anilines is 1. The first-order valence-corrected chi connectivity index (χ1v) is 7.75. The molecular formula is C13H13N7OS. The van der Waals surface area contributed by atoms with Crippen LogP contribution >= 0.6 is 11.3 Å². The van der Waals surface area contributed by atoms with Gasteiger partial charge in [0, 0.05) is 32.4 Å². The third-order valence-corrected chi connectivity index (χ3v) is 4.51. The van der Waals surface area contributed by atoms with Crippen LogP contribution in [-0.2, 0) is 0 Å². The summed E-state index contributed by atoms with van der Waals surface area (Å²) in [5.74, 6) is 0.907. The van der Waals surface area contributed by atoms with Crippen molar-refractivity contribution in [3.8, 4) is 0 Å². The van der Waals surface area contributed by atoms with Gasteiger partial charge in [0.25, 0.3) is 5.91 Å². The van der Waals surface area contributed by atoms with Gasteiger partial charge in [-0.15, -0.1) is 15.3 Å². The van der Waals surface area contributed by atoms with Crippen molar-refractivity contribution in [3.63, 3.8) is 0 Å². The maximum absolute atomic E-state index is 12.5. The van der Waals surface area contributed by atoms with Gasteiger partial charge in [-0.1, -0.05) is 17.4 Å². The van der Waals surface area contributed by atoms with Gasteiger partial charge in [0.2, 0.25) is 9.97 Å². The first-order valence-electron chi connectivity index (χ1n) is 6.93. The van der Waals surface area contributed by atoms with Gasteiger partial charge in [0.1, 0.15) is 12.1 Å². The van der Waals surface area contributed by atoms with E-state index in [0.717, 1.165) is 18.9 Å². The smallest absolute Gasteiger partial charge is 0.284 e. The SMILES string of the molecule is O=C(c1nn2cnnc2s1)N1CCN(c2ccccn2)CC1. The number of nitrogens with zero attached hydrogens (tertiary/aromatic N) is 7. The van der Waals surface area contributed by atoms with Crippen LogP contribution in [0.15, 0.2) is 30.7 Å². The Hall–Kier alpha value is -2.55. The number of amides is 1. The van der Waals surface area contributed by atoms with Crippen LogP contribution in [0, 0.1) is 0 Å². The molecule has 4 heterocycles. The molecule has 9 heteroatoms. The lowest BCUT2D eigenvalue weighted by molar-refractivity contribution is 0.0745. The van der Waals surface area contributed by atoms with E-state index in [1.165, 1.54) is 22.2 Å². The zero-order chi connectivity index (χ0) is 14.9. The summed E-state index contributed by atoms with van der Waals surface area (Å²) < 4.78 is 1.53. The molecule has 4 rings (SSSR count). The number of fused-ring (bicyclic) bond motifs is 1. The Labute approximate surface area is 130 Å². The maximum atomic E-state index is 12.5. The number of carbonyl (C=O) groups is 1. The highest BCUT2D eigenvalue weighted by molar-refractivity contribution is 7.18. The Bertz CT molecular complexity index is 762. The Morgan fingerprint density at radius 3 is 2.77 bits per heavy atom. The van der Waals surface area contributed by atoms with Crippen molar-refractivity contribution in [2.45, 2.75) is 0 Å². The molecule has 1 saturated heterocycles. The summed E-state index contributed by atoms with van der Waals surface area (Å²) in [6, 6.07) is 5.86. The molecule has 0 bridgehead atoms. The van der Waals surface area contributed by atoms with Crippen LogP contribution in [-0.4, -0.2) is 61.8 Å². The van der Waals surface area contributed by atoms with E-state index in [0.29, 0.717) is 23.1 Å². The zero-order valence-electron chi connectivity index (χ0n) is 11.7. The van der Waals surface area contributed by atoms with Gasteiger partial charge in [0.05, 0.1) is 0 Å². The molecular weight excluding hydrogens is 302 g/mol. The van der Waals surface area contributed by atoms with Crippen LogP contribution in [0.1, 0.15) is 9.80 Å². The monoisotopic (exact) mass is 315 g/mol. The molecule has 3 aromatic heterocycles. The molecule has 1 aliphatic rings. The largest absolute Gasteiger partial charge is 0.353 e. The van der Waals surface area contributed by atoms with Crippen LogP contribution in [0.2, 0.25) is 0 Å². The molecule has 0 atom stereocenters. The van der Waals surface area contributed by atoms with Gasteiger partial charge < -0.3 is 9.80 Å². The highest BCUT2D eigenvalue weighted by atomic mass is 32.1. The Morgan fingerprint density at radius 1 is 1.18 bits per heavy atom. The minimum atomic E-state index is -0.0452. The predicted molar refractivity (Wildman–Crippen MR) is 81.0 cm³/mol. The van der Waals surface area contributed by atoms with E-state index >= 15 is 0 Å². The van der Waals surface area contributed by atoms with Crippen molar-refractivity contribution in [3.05, 3.63) is 35.7 Å². The number of aromatic nitrogens is 5. The summed E-state index contributed by atoms with van der Waals surface area (Å²) in [6.45, 7) is 2.87. The van der Waals surface area contributed by atoms with Gasteiger partial charge in [-0.05, 0) is 12.1 Å². The molecule has 0 saturated carbocycles. The van der Waals surface area contributed by atoms with Crippen molar-refractivity contribution in [2.75, 3.05) is 31.1 Å². The second-order valence-electron chi connectivity index (χ2n) is 4.93. The minimum Gasteiger partial charge on any atom is -0.353 e. The molecule has 22 heavy (non-hydrogen) atoms. The molecule has 112 valence electrons. The molecule has 1 aliphatic heterocycles. The van der Waals surface area contributed by atoms with Crippen molar-refractivity contribution in [1.29, 1.82) is 0 Å². The fourth-order valence-corrected chi connectivity index (χ4v) is 3.25. The van der Waals surface area contributed by atoms with E-state index in [9.17, 15) is 4.79 Å². The van der Waals surface area contributed by atoms with E-state index in [2.05, 4.69) is 25.2 Å². The number of rotatable bonds is 2. The van der Waals surface area contributed by atoms with E-state index in [4.69, 9.17) is 0 Å². The second kappa shape index (κ2) is 5.34. The van der Waals surface area contributed by atoms with E-state index in [-0.39, 0.29) is 5.91 Å². The fraction of sp³-hybridized carbons (Fsp3) is 0.308. The lowest BCUT2D eigenvalue weighted by Crippen LogP contribution is -2.49. The van der Waals surface area contributed by atoms with Crippen LogP contribution in [0.25, 0.3) is 4.96 Å². The van der Waals surface area contributed by atoms with Gasteiger partial charge >= 0.3 is 0 Å². The average Bonchev–Trinajstić information content (AvgIpc) is 3.17. The summed E-state index contributed by atoms with van der Waals surface area (Å²) >= 11 is 1.26. The second-order valence-corrected chi connectivity index (χ2v) is 5.89. The van der Waals surface area contributed by atoms with Crippen LogP contribution < -0.4 is 4.90 Å². The maximum Gasteiger partial charge on any atom is 0.284 e. The van der Waals surface area contributed by atoms with Crippen molar-refractivity contribution in [2.24, 2.45) is 0 Å². The molecule has 3 aromatic rings. The number of pyridine rings is 1. The molecule has 0 radical (unpaired) electrons. The molecule has 1 fully saturated rings. The predicted octanol–water partition coefficient (Wildman–Crippen LogP) is 0.543. The van der Waals surface area contributed by atoms with E-state index in [1.807, 2.05) is 23.1 Å². The van der Waals surface area contributed by atoms with Crippen molar-refractivity contribution < 1.29 is 4.79 Å². The lowest BCUT2D eigenvalue weighted by atomic mass is 10.3. The molecule has 0 N–H and O–H groups in total. The molecule has 0 aliphatic carbocycles. The summed E-state index contributed by atoms with van der Waals surface area (Å²) in [4.78, 5) is 21.5. The van der Waals surface area contributed by atoms with E-state index in [1.54, 1.807) is 6.20 Å². The normalized spacial score (nSPS) is 15.5. The average molecular weight is 315 g/mol. The number of piperazine rings is 1. The lowest BCUT2D eigenvalue weighted by Gasteiger charge is -2.34. The van der Waals surface area contributed by atoms with Crippen LogP contribution in [0.4, 0.5) is 5.82 Å². The number of carbonyl (C=O) groups excluding carboxylic acids is 1. The minimum absolute atomic E-state index is 0.0452. The van der Waals surface area contributed by atoms with Gasteiger partial charge in [-0.2, -0.15) is 4.52 Å². The van der Waals surface area contributed by atoms with Crippen molar-refractivity contribution >= 4 is 28.0 Å². The fourth-order valence-electron chi connectivity index (χ4n) is 2.46. The Balaban J connectivity index is 1.45. The third-order valence-electron chi connectivity index (χ3n) is 3.61. The van der Waals surface area contributed by atoms with E-state index < -0.39 is 0 Å². The molecule has 8 nitrogen and oxygen atoms in total. The van der Waals surface area contributed by atoms with Crippen molar-refractivity contribution in [1.82, 2.24) is 29.7 Å². The Morgan fingerprint density at radius 2 is 2.05 bits per heavy atom. The van der Waals surface area contributed by atoms with Gasteiger partial charge in [-0.25, -0.2) is 4.98 Å². The highest BCUT2D eigenvalue weighted by Crippen LogP contribution is 2.17. The number of hydrogen-bond donors (Lipinski definition) is 0. The summed E-state index contributed by atoms with van der Waals surface area (Å²) in [6.07, 6.45) is 3.29. The molecule has 1 amide bonds. The topological polar surface area (TPSA) is 79.5 Å². The van der Waals surface area contributed by atoms with Crippen LogP contribution in [0.5, 0.6) is 0 Å². The molecule has 0 aromatic carbocycles. The van der Waals surface area contributed by atoms with Gasteiger partial charge in [0.15, 0.2) is 0 Å². The number of hydrogen-bond acceptors (Lipinski definition) is 7. The summed E-state index contributed by atoms with van der Waals surface area (Å²) in [5, 5.41) is 12.3.